The molecular weight excluding hydrogens is 342 g/mol. The average Bonchev–Trinajstić information content (AvgIpc) is 2.94. The van der Waals surface area contributed by atoms with Gasteiger partial charge in [-0.15, -0.1) is 0 Å². The van der Waals surface area contributed by atoms with Crippen molar-refractivity contribution in [2.24, 2.45) is 5.92 Å². The molecule has 2 aromatic heterocycles. The second kappa shape index (κ2) is 6.40. The maximum Gasteiger partial charge on any atom is 0.274 e. The molecule has 2 aliphatic rings. The molecule has 3 heterocycles. The molecule has 1 fully saturated rings. The summed E-state index contributed by atoms with van der Waals surface area (Å²) < 4.78 is 0. The molecule has 0 aromatic carbocycles. The molecular formula is C16H17N5O3S. The topological polar surface area (TPSA) is 108 Å². The van der Waals surface area contributed by atoms with Crippen molar-refractivity contribution in [3.8, 4) is 0 Å². The molecule has 130 valence electrons. The fourth-order valence-electron chi connectivity index (χ4n) is 2.93. The molecule has 0 spiro atoms. The Hall–Kier alpha value is -2.55. The lowest BCUT2D eigenvalue weighted by molar-refractivity contribution is -0.122. The third-order valence-electron chi connectivity index (χ3n) is 4.62. The Bertz CT molecular complexity index is 866. The standard InChI is InChI=1S/C16H17N5O3S/c22-13-5-4-11(19-20-13)15(24)21-7-6-10-12(8-21)25-16(17-10)18-14(23)9-2-1-3-9/h4-5,9H,1-3,6-8H2,(H,20,22)(H,17,18,23). The molecule has 1 aliphatic carbocycles. The predicted octanol–water partition coefficient (Wildman–Crippen LogP) is 1.16. The van der Waals surface area contributed by atoms with Gasteiger partial charge in [-0.25, -0.2) is 10.1 Å². The number of aromatic nitrogens is 3. The Labute approximate surface area is 147 Å². The third-order valence-corrected chi connectivity index (χ3v) is 5.62. The summed E-state index contributed by atoms with van der Waals surface area (Å²) in [6.07, 6.45) is 3.65. The summed E-state index contributed by atoms with van der Waals surface area (Å²) in [5.74, 6) is -0.0663. The molecule has 9 heteroatoms. The van der Waals surface area contributed by atoms with E-state index in [9.17, 15) is 14.4 Å². The van der Waals surface area contributed by atoms with Gasteiger partial charge in [0.05, 0.1) is 12.2 Å². The zero-order valence-corrected chi connectivity index (χ0v) is 14.3. The Kier molecular flexibility index (Phi) is 4.08. The number of carbonyl (C=O) groups excluding carboxylic acids is 2. The van der Waals surface area contributed by atoms with Crippen LogP contribution in [0.15, 0.2) is 16.9 Å². The van der Waals surface area contributed by atoms with Crippen LogP contribution in [0.25, 0.3) is 0 Å². The number of rotatable bonds is 3. The lowest BCUT2D eigenvalue weighted by Crippen LogP contribution is -2.36. The Morgan fingerprint density at radius 2 is 2.16 bits per heavy atom. The molecule has 1 saturated carbocycles. The van der Waals surface area contributed by atoms with E-state index in [2.05, 4.69) is 20.5 Å². The predicted molar refractivity (Wildman–Crippen MR) is 91.4 cm³/mol. The van der Waals surface area contributed by atoms with Gasteiger partial charge in [0.1, 0.15) is 5.69 Å². The molecule has 0 radical (unpaired) electrons. The summed E-state index contributed by atoms with van der Waals surface area (Å²) in [5.41, 5.74) is 0.810. The van der Waals surface area contributed by atoms with Gasteiger partial charge in [-0.05, 0) is 18.9 Å². The van der Waals surface area contributed by atoms with E-state index < -0.39 is 0 Å². The van der Waals surface area contributed by atoms with Gasteiger partial charge in [0.2, 0.25) is 5.91 Å². The Balaban J connectivity index is 1.45. The summed E-state index contributed by atoms with van der Waals surface area (Å²) in [6, 6.07) is 2.71. The minimum absolute atomic E-state index is 0.0442. The van der Waals surface area contributed by atoms with Gasteiger partial charge in [0, 0.05) is 29.8 Å². The normalized spacial score (nSPS) is 16.9. The van der Waals surface area contributed by atoms with E-state index in [4.69, 9.17) is 0 Å². The fourth-order valence-corrected chi connectivity index (χ4v) is 3.95. The number of anilines is 1. The number of thiazole rings is 1. The van der Waals surface area contributed by atoms with Crippen molar-refractivity contribution in [3.63, 3.8) is 0 Å². The minimum Gasteiger partial charge on any atom is -0.332 e. The van der Waals surface area contributed by atoms with E-state index in [1.807, 2.05) is 0 Å². The number of nitrogens with zero attached hydrogens (tertiary/aromatic N) is 3. The molecule has 8 nitrogen and oxygen atoms in total. The number of hydrogen-bond donors (Lipinski definition) is 2. The first-order valence-electron chi connectivity index (χ1n) is 8.24. The molecule has 2 aromatic rings. The lowest BCUT2D eigenvalue weighted by atomic mass is 9.85. The number of carbonyl (C=O) groups is 2. The van der Waals surface area contributed by atoms with Crippen molar-refractivity contribution in [2.75, 3.05) is 11.9 Å². The van der Waals surface area contributed by atoms with Gasteiger partial charge in [0.25, 0.3) is 11.5 Å². The van der Waals surface area contributed by atoms with Gasteiger partial charge in [-0.3, -0.25) is 14.4 Å². The first-order chi connectivity index (χ1) is 12.1. The second-order valence-electron chi connectivity index (χ2n) is 6.29. The van der Waals surface area contributed by atoms with Gasteiger partial charge in [0.15, 0.2) is 5.13 Å². The Morgan fingerprint density at radius 1 is 1.32 bits per heavy atom. The summed E-state index contributed by atoms with van der Waals surface area (Å²) in [5, 5.41) is 9.57. The first kappa shape index (κ1) is 15.9. The van der Waals surface area contributed by atoms with Crippen molar-refractivity contribution in [2.45, 2.75) is 32.2 Å². The van der Waals surface area contributed by atoms with Crippen molar-refractivity contribution in [1.82, 2.24) is 20.1 Å². The lowest BCUT2D eigenvalue weighted by Gasteiger charge is -2.25. The van der Waals surface area contributed by atoms with E-state index in [0.29, 0.717) is 24.6 Å². The van der Waals surface area contributed by atoms with Crippen molar-refractivity contribution >= 4 is 28.3 Å². The quantitative estimate of drug-likeness (QED) is 0.855. The maximum absolute atomic E-state index is 12.5. The highest BCUT2D eigenvalue weighted by Gasteiger charge is 2.28. The molecule has 1 aliphatic heterocycles. The zero-order valence-electron chi connectivity index (χ0n) is 13.4. The van der Waals surface area contributed by atoms with Crippen LogP contribution in [0.5, 0.6) is 0 Å². The van der Waals surface area contributed by atoms with Gasteiger partial charge >= 0.3 is 0 Å². The van der Waals surface area contributed by atoms with E-state index in [0.717, 1.165) is 29.8 Å². The van der Waals surface area contributed by atoms with Crippen molar-refractivity contribution in [1.29, 1.82) is 0 Å². The average molecular weight is 359 g/mol. The smallest absolute Gasteiger partial charge is 0.274 e. The van der Waals surface area contributed by atoms with Gasteiger partial charge in [-0.2, -0.15) is 5.10 Å². The van der Waals surface area contributed by atoms with Crippen molar-refractivity contribution in [3.05, 3.63) is 38.8 Å². The minimum atomic E-state index is -0.341. The van der Waals surface area contributed by atoms with E-state index in [1.165, 1.54) is 23.5 Å². The molecule has 4 rings (SSSR count). The summed E-state index contributed by atoms with van der Waals surface area (Å²) in [4.78, 5) is 42.8. The van der Waals surface area contributed by atoms with Crippen LogP contribution in [0.3, 0.4) is 0 Å². The van der Waals surface area contributed by atoms with Crippen LogP contribution in [0.2, 0.25) is 0 Å². The number of aromatic amines is 1. The van der Waals surface area contributed by atoms with Crippen LogP contribution in [0.1, 0.15) is 40.3 Å². The molecule has 0 saturated heterocycles. The number of amides is 2. The van der Waals surface area contributed by atoms with Crippen LogP contribution in [-0.2, 0) is 17.8 Å². The van der Waals surface area contributed by atoms with Gasteiger partial charge in [-0.1, -0.05) is 17.8 Å². The van der Waals surface area contributed by atoms with Crippen LogP contribution in [0.4, 0.5) is 5.13 Å². The molecule has 0 atom stereocenters. The SMILES string of the molecule is O=C(Nc1nc2c(s1)CN(C(=O)c1ccc(=O)[nH]n1)CC2)C1CCC1. The van der Waals surface area contributed by atoms with Crippen LogP contribution in [0, 0.1) is 5.92 Å². The van der Waals surface area contributed by atoms with E-state index >= 15 is 0 Å². The highest BCUT2D eigenvalue weighted by molar-refractivity contribution is 7.15. The Morgan fingerprint density at radius 3 is 2.84 bits per heavy atom. The number of nitrogens with one attached hydrogen (secondary N) is 2. The maximum atomic E-state index is 12.5. The molecule has 25 heavy (non-hydrogen) atoms. The monoisotopic (exact) mass is 359 g/mol. The van der Waals surface area contributed by atoms with Crippen LogP contribution in [-0.4, -0.2) is 38.4 Å². The van der Waals surface area contributed by atoms with Gasteiger partial charge < -0.3 is 10.2 Å². The van der Waals surface area contributed by atoms with Crippen LogP contribution < -0.4 is 10.9 Å². The highest BCUT2D eigenvalue weighted by Crippen LogP contribution is 2.31. The molecule has 0 unspecified atom stereocenters. The zero-order chi connectivity index (χ0) is 17.4. The molecule has 0 bridgehead atoms. The fraction of sp³-hybridized carbons (Fsp3) is 0.438. The highest BCUT2D eigenvalue weighted by atomic mass is 32.1. The number of H-pyrrole nitrogens is 1. The van der Waals surface area contributed by atoms with E-state index in [-0.39, 0.29) is 29.0 Å². The van der Waals surface area contributed by atoms with Crippen LogP contribution >= 0.6 is 11.3 Å². The second-order valence-corrected chi connectivity index (χ2v) is 7.37. The number of hydrogen-bond acceptors (Lipinski definition) is 6. The third kappa shape index (κ3) is 3.19. The number of fused-ring (bicyclic) bond motifs is 1. The summed E-state index contributed by atoms with van der Waals surface area (Å²) in [7, 11) is 0. The van der Waals surface area contributed by atoms with E-state index in [1.54, 1.807) is 4.90 Å². The first-order valence-corrected chi connectivity index (χ1v) is 9.06. The summed E-state index contributed by atoms with van der Waals surface area (Å²) >= 11 is 1.42. The largest absolute Gasteiger partial charge is 0.332 e. The van der Waals surface area contributed by atoms with Crippen molar-refractivity contribution < 1.29 is 9.59 Å². The molecule has 2 amide bonds. The molecule has 2 N–H and O–H groups in total. The summed E-state index contributed by atoms with van der Waals surface area (Å²) in [6.45, 7) is 0.971.